The minimum absolute atomic E-state index is 0. The molecule has 3 aliphatic rings. The zero-order chi connectivity index (χ0) is 16.9. The van der Waals surface area contributed by atoms with Crippen molar-refractivity contribution in [2.24, 2.45) is 11.8 Å². The number of likely N-dealkylation sites (tertiary alicyclic amines) is 1. The number of fused-ring (bicyclic) bond motifs is 1. The van der Waals surface area contributed by atoms with Crippen molar-refractivity contribution in [3.63, 3.8) is 0 Å². The summed E-state index contributed by atoms with van der Waals surface area (Å²) in [6, 6.07) is 0.605. The molecule has 0 aromatic heterocycles. The normalized spacial score (nSPS) is 31.8. The molecule has 2 amide bonds. The summed E-state index contributed by atoms with van der Waals surface area (Å²) in [6.45, 7) is 4.42. The van der Waals surface area contributed by atoms with E-state index in [1.165, 1.54) is 25.7 Å². The van der Waals surface area contributed by atoms with Crippen LogP contribution in [-0.4, -0.2) is 48.4 Å². The lowest BCUT2D eigenvalue weighted by atomic mass is 9.85. The fraction of sp³-hybridized carbons (Fsp3) is 0.895. The van der Waals surface area contributed by atoms with Crippen LogP contribution < -0.4 is 10.6 Å². The fourth-order valence-electron chi connectivity index (χ4n) is 4.74. The van der Waals surface area contributed by atoms with Crippen LogP contribution in [0.1, 0.15) is 64.7 Å². The lowest BCUT2D eigenvalue weighted by molar-refractivity contribution is -0.135. The van der Waals surface area contributed by atoms with Gasteiger partial charge in [0.2, 0.25) is 11.8 Å². The van der Waals surface area contributed by atoms with Crippen molar-refractivity contribution in [3.05, 3.63) is 0 Å². The van der Waals surface area contributed by atoms with Gasteiger partial charge in [0.15, 0.2) is 0 Å². The van der Waals surface area contributed by atoms with Crippen LogP contribution in [0.5, 0.6) is 0 Å². The van der Waals surface area contributed by atoms with Crippen molar-refractivity contribution in [3.8, 4) is 0 Å². The Morgan fingerprint density at radius 3 is 2.72 bits per heavy atom. The monoisotopic (exact) mass is 371 g/mol. The highest BCUT2D eigenvalue weighted by atomic mass is 35.5. The molecule has 0 spiro atoms. The Morgan fingerprint density at radius 2 is 1.96 bits per heavy atom. The van der Waals surface area contributed by atoms with Gasteiger partial charge in [-0.3, -0.25) is 9.59 Å². The summed E-state index contributed by atoms with van der Waals surface area (Å²) >= 11 is 0. The summed E-state index contributed by atoms with van der Waals surface area (Å²) in [4.78, 5) is 26.6. The lowest BCUT2D eigenvalue weighted by Gasteiger charge is -2.34. The fourth-order valence-corrected chi connectivity index (χ4v) is 4.74. The quantitative estimate of drug-likeness (QED) is 0.780. The van der Waals surface area contributed by atoms with E-state index in [4.69, 9.17) is 0 Å². The first kappa shape index (κ1) is 20.5. The predicted octanol–water partition coefficient (Wildman–Crippen LogP) is 2.48. The van der Waals surface area contributed by atoms with Crippen molar-refractivity contribution in [2.45, 2.75) is 76.8 Å². The first-order valence-electron chi connectivity index (χ1n) is 9.99. The highest BCUT2D eigenvalue weighted by Gasteiger charge is 2.40. The Hall–Kier alpha value is -0.810. The van der Waals surface area contributed by atoms with Crippen molar-refractivity contribution in [1.82, 2.24) is 15.5 Å². The number of halogens is 1. The van der Waals surface area contributed by atoms with Gasteiger partial charge < -0.3 is 15.5 Å². The summed E-state index contributed by atoms with van der Waals surface area (Å²) in [5.41, 5.74) is 0. The number of carbonyl (C=O) groups is 2. The molecule has 2 heterocycles. The summed E-state index contributed by atoms with van der Waals surface area (Å²) in [5.74, 6) is 1.56. The number of amides is 2. The van der Waals surface area contributed by atoms with Crippen LogP contribution in [-0.2, 0) is 9.59 Å². The molecule has 4 atom stereocenters. The third kappa shape index (κ3) is 5.33. The van der Waals surface area contributed by atoms with Gasteiger partial charge in [-0.25, -0.2) is 0 Å². The molecular formula is C19H34ClN3O2. The molecule has 1 saturated carbocycles. The summed E-state index contributed by atoms with van der Waals surface area (Å²) < 4.78 is 0. The molecule has 1 aliphatic carbocycles. The van der Waals surface area contributed by atoms with E-state index in [-0.39, 0.29) is 24.4 Å². The third-order valence-corrected chi connectivity index (χ3v) is 6.06. The van der Waals surface area contributed by atoms with Gasteiger partial charge in [-0.1, -0.05) is 19.8 Å². The van der Waals surface area contributed by atoms with Gasteiger partial charge in [-0.05, 0) is 50.4 Å². The molecule has 2 N–H and O–H groups in total. The van der Waals surface area contributed by atoms with E-state index in [0.29, 0.717) is 36.8 Å². The van der Waals surface area contributed by atoms with Crippen LogP contribution >= 0.6 is 12.4 Å². The Bertz CT molecular complexity index is 446. The van der Waals surface area contributed by atoms with E-state index >= 15 is 0 Å². The topological polar surface area (TPSA) is 61.4 Å². The Balaban J connectivity index is 0.00000225. The minimum Gasteiger partial charge on any atom is -0.356 e. The van der Waals surface area contributed by atoms with Crippen molar-refractivity contribution >= 4 is 24.2 Å². The van der Waals surface area contributed by atoms with Gasteiger partial charge in [-0.15, -0.1) is 12.4 Å². The number of piperidine rings is 1. The van der Waals surface area contributed by atoms with E-state index < -0.39 is 0 Å². The van der Waals surface area contributed by atoms with E-state index in [2.05, 4.69) is 15.5 Å². The number of hydrogen-bond acceptors (Lipinski definition) is 3. The summed E-state index contributed by atoms with van der Waals surface area (Å²) in [5, 5.41) is 6.64. The zero-order valence-corrected chi connectivity index (χ0v) is 16.3. The highest BCUT2D eigenvalue weighted by molar-refractivity contribution is 5.85. The smallest absolute Gasteiger partial charge is 0.239 e. The molecule has 0 radical (unpaired) electrons. The van der Waals surface area contributed by atoms with E-state index in [1.54, 1.807) is 0 Å². The molecule has 5 nitrogen and oxygen atoms in total. The van der Waals surface area contributed by atoms with Crippen LogP contribution in [0.3, 0.4) is 0 Å². The van der Waals surface area contributed by atoms with Gasteiger partial charge in [0, 0.05) is 32.1 Å². The van der Waals surface area contributed by atoms with Crippen molar-refractivity contribution < 1.29 is 9.59 Å². The molecule has 2 aliphatic heterocycles. The number of nitrogens with one attached hydrogen (secondary N) is 2. The maximum absolute atomic E-state index is 12.9. The SMILES string of the molecule is CCCC(=O)NCC1CCCN(C(=O)C2CC3CCCCC3N2)C1.Cl. The van der Waals surface area contributed by atoms with Crippen molar-refractivity contribution in [1.29, 1.82) is 0 Å². The zero-order valence-electron chi connectivity index (χ0n) is 15.5. The second kappa shape index (κ2) is 9.77. The van der Waals surface area contributed by atoms with Crippen LogP contribution in [0.4, 0.5) is 0 Å². The minimum atomic E-state index is 0. The van der Waals surface area contributed by atoms with Gasteiger partial charge in [0.1, 0.15) is 0 Å². The van der Waals surface area contributed by atoms with Crippen LogP contribution in [0.2, 0.25) is 0 Å². The average Bonchev–Trinajstić information content (AvgIpc) is 3.04. The first-order chi connectivity index (χ1) is 11.7. The molecule has 0 aromatic carbocycles. The number of carbonyl (C=O) groups excluding carboxylic acids is 2. The summed E-state index contributed by atoms with van der Waals surface area (Å²) in [6.07, 6.45) is 9.83. The Morgan fingerprint density at radius 1 is 1.16 bits per heavy atom. The maximum atomic E-state index is 12.9. The molecule has 0 bridgehead atoms. The number of nitrogens with zero attached hydrogens (tertiary/aromatic N) is 1. The number of rotatable bonds is 5. The van der Waals surface area contributed by atoms with Crippen molar-refractivity contribution in [2.75, 3.05) is 19.6 Å². The molecule has 4 unspecified atom stereocenters. The van der Waals surface area contributed by atoms with E-state index in [9.17, 15) is 9.59 Å². The molecule has 2 saturated heterocycles. The molecule has 3 fully saturated rings. The van der Waals surface area contributed by atoms with Gasteiger partial charge in [-0.2, -0.15) is 0 Å². The van der Waals surface area contributed by atoms with Gasteiger partial charge >= 0.3 is 0 Å². The molecule has 25 heavy (non-hydrogen) atoms. The second-order valence-electron chi connectivity index (χ2n) is 7.95. The molecule has 3 rings (SSSR count). The molecule has 0 aromatic rings. The molecule has 144 valence electrons. The lowest BCUT2D eigenvalue weighted by Crippen LogP contribution is -2.50. The van der Waals surface area contributed by atoms with Crippen LogP contribution in [0.15, 0.2) is 0 Å². The molecular weight excluding hydrogens is 338 g/mol. The maximum Gasteiger partial charge on any atom is 0.239 e. The Kier molecular flexibility index (Phi) is 8.01. The van der Waals surface area contributed by atoms with E-state index in [1.807, 2.05) is 6.92 Å². The Labute approximate surface area is 158 Å². The van der Waals surface area contributed by atoms with Gasteiger partial charge in [0.25, 0.3) is 0 Å². The highest BCUT2D eigenvalue weighted by Crippen LogP contribution is 2.34. The predicted molar refractivity (Wildman–Crippen MR) is 102 cm³/mol. The van der Waals surface area contributed by atoms with E-state index in [0.717, 1.165) is 38.8 Å². The second-order valence-corrected chi connectivity index (χ2v) is 7.95. The largest absolute Gasteiger partial charge is 0.356 e. The van der Waals surface area contributed by atoms with Gasteiger partial charge in [0.05, 0.1) is 6.04 Å². The van der Waals surface area contributed by atoms with Crippen LogP contribution in [0, 0.1) is 11.8 Å². The first-order valence-corrected chi connectivity index (χ1v) is 9.99. The standard InChI is InChI=1S/C19H33N3O2.ClH/c1-2-6-18(23)20-12-14-7-5-10-22(13-14)19(24)17-11-15-8-3-4-9-16(15)21-17;/h14-17,21H,2-13H2,1H3,(H,20,23);1H. The third-order valence-electron chi connectivity index (χ3n) is 6.06. The molecule has 6 heteroatoms. The summed E-state index contributed by atoms with van der Waals surface area (Å²) in [7, 11) is 0. The average molecular weight is 372 g/mol. The van der Waals surface area contributed by atoms with Crippen LogP contribution in [0.25, 0.3) is 0 Å². The number of hydrogen-bond donors (Lipinski definition) is 2.